The second-order valence-electron chi connectivity index (χ2n) is 5.79. The lowest BCUT2D eigenvalue weighted by Crippen LogP contribution is -2.46. The SMILES string of the molecule is CC1(C)Oc2ccc(C3(N)CCC3)cc2NC1=O. The Hall–Kier alpha value is -1.55. The van der Waals surface area contributed by atoms with Gasteiger partial charge < -0.3 is 15.8 Å². The third-order valence-corrected chi connectivity index (χ3v) is 3.96. The lowest BCUT2D eigenvalue weighted by Gasteiger charge is -2.39. The molecule has 0 radical (unpaired) electrons. The Morgan fingerprint density at radius 2 is 2.06 bits per heavy atom. The lowest BCUT2D eigenvalue weighted by molar-refractivity contribution is -0.129. The summed E-state index contributed by atoms with van der Waals surface area (Å²) in [5.41, 5.74) is 7.07. The van der Waals surface area contributed by atoms with Gasteiger partial charge in [-0.05, 0) is 50.8 Å². The van der Waals surface area contributed by atoms with Gasteiger partial charge in [-0.25, -0.2) is 0 Å². The standard InChI is InChI=1S/C14H18N2O2/c1-13(2)12(17)16-10-8-9(4-5-11(10)18-13)14(15)6-3-7-14/h4-5,8H,3,6-7,15H2,1-2H3,(H,16,17). The molecule has 0 spiro atoms. The summed E-state index contributed by atoms with van der Waals surface area (Å²) in [6.45, 7) is 3.52. The van der Waals surface area contributed by atoms with Gasteiger partial charge in [0.05, 0.1) is 5.69 Å². The summed E-state index contributed by atoms with van der Waals surface area (Å²) in [7, 11) is 0. The number of hydrogen-bond donors (Lipinski definition) is 2. The van der Waals surface area contributed by atoms with Crippen LogP contribution in [0.5, 0.6) is 5.75 Å². The Bertz CT molecular complexity index is 519. The van der Waals surface area contributed by atoms with E-state index < -0.39 is 5.60 Å². The fraction of sp³-hybridized carbons (Fsp3) is 0.500. The number of carbonyl (C=O) groups is 1. The van der Waals surface area contributed by atoms with Crippen LogP contribution >= 0.6 is 0 Å². The van der Waals surface area contributed by atoms with E-state index in [1.807, 2.05) is 18.2 Å². The number of benzene rings is 1. The molecular formula is C14H18N2O2. The molecule has 2 aliphatic rings. The number of fused-ring (bicyclic) bond motifs is 1. The van der Waals surface area contributed by atoms with Gasteiger partial charge in [-0.2, -0.15) is 0 Å². The van der Waals surface area contributed by atoms with Crippen molar-refractivity contribution in [2.24, 2.45) is 5.73 Å². The van der Waals surface area contributed by atoms with E-state index in [0.29, 0.717) is 5.75 Å². The summed E-state index contributed by atoms with van der Waals surface area (Å²) >= 11 is 0. The fourth-order valence-electron chi connectivity index (χ4n) is 2.47. The molecule has 0 aromatic heterocycles. The molecule has 1 amide bonds. The zero-order chi connectivity index (χ0) is 13.0. The minimum absolute atomic E-state index is 0.119. The van der Waals surface area contributed by atoms with Gasteiger partial charge >= 0.3 is 0 Å². The molecule has 0 atom stereocenters. The van der Waals surface area contributed by atoms with Gasteiger partial charge in [0.25, 0.3) is 5.91 Å². The largest absolute Gasteiger partial charge is 0.476 e. The molecule has 0 unspecified atom stereocenters. The number of nitrogens with one attached hydrogen (secondary N) is 1. The fourth-order valence-corrected chi connectivity index (χ4v) is 2.47. The van der Waals surface area contributed by atoms with Crippen molar-refractivity contribution < 1.29 is 9.53 Å². The summed E-state index contributed by atoms with van der Waals surface area (Å²) < 4.78 is 5.70. The quantitative estimate of drug-likeness (QED) is 0.798. The molecule has 1 heterocycles. The Balaban J connectivity index is 1.98. The van der Waals surface area contributed by atoms with Crippen LogP contribution in [0.3, 0.4) is 0 Å². The number of ether oxygens (including phenoxy) is 1. The first-order valence-electron chi connectivity index (χ1n) is 6.35. The van der Waals surface area contributed by atoms with Gasteiger partial charge in [-0.1, -0.05) is 6.07 Å². The minimum Gasteiger partial charge on any atom is -0.476 e. The first kappa shape index (κ1) is 11.5. The smallest absolute Gasteiger partial charge is 0.268 e. The lowest BCUT2D eigenvalue weighted by atomic mass is 9.72. The Morgan fingerprint density at radius 3 is 2.67 bits per heavy atom. The van der Waals surface area contributed by atoms with E-state index in [9.17, 15) is 4.79 Å². The van der Waals surface area contributed by atoms with Crippen LogP contribution in [0, 0.1) is 0 Å². The molecule has 3 rings (SSSR count). The maximum Gasteiger partial charge on any atom is 0.268 e. The van der Waals surface area contributed by atoms with Gasteiger partial charge in [-0.3, -0.25) is 4.79 Å². The van der Waals surface area contributed by atoms with Crippen molar-refractivity contribution in [3.05, 3.63) is 23.8 Å². The Morgan fingerprint density at radius 1 is 1.33 bits per heavy atom. The predicted octanol–water partition coefficient (Wildman–Crippen LogP) is 2.13. The molecular weight excluding hydrogens is 228 g/mol. The molecule has 0 bridgehead atoms. The van der Waals surface area contributed by atoms with Crippen molar-refractivity contribution in [2.75, 3.05) is 5.32 Å². The van der Waals surface area contributed by atoms with Crippen LogP contribution in [0.2, 0.25) is 0 Å². The molecule has 4 nitrogen and oxygen atoms in total. The second-order valence-corrected chi connectivity index (χ2v) is 5.79. The molecule has 1 aliphatic carbocycles. The zero-order valence-corrected chi connectivity index (χ0v) is 10.7. The molecule has 1 aliphatic heterocycles. The maximum atomic E-state index is 11.9. The van der Waals surface area contributed by atoms with Gasteiger partial charge in [0.15, 0.2) is 5.60 Å². The molecule has 0 saturated heterocycles. The summed E-state index contributed by atoms with van der Waals surface area (Å²) in [5.74, 6) is 0.595. The van der Waals surface area contributed by atoms with Gasteiger partial charge in [0.2, 0.25) is 0 Å². The van der Waals surface area contributed by atoms with Gasteiger partial charge in [0, 0.05) is 5.54 Å². The molecule has 1 saturated carbocycles. The maximum absolute atomic E-state index is 11.9. The van der Waals surface area contributed by atoms with Crippen LogP contribution in [-0.4, -0.2) is 11.5 Å². The van der Waals surface area contributed by atoms with Crippen LogP contribution in [0.15, 0.2) is 18.2 Å². The summed E-state index contributed by atoms with van der Waals surface area (Å²) in [5, 5.41) is 2.89. The van der Waals surface area contributed by atoms with Crippen molar-refractivity contribution >= 4 is 11.6 Å². The first-order chi connectivity index (χ1) is 8.41. The van der Waals surface area contributed by atoms with Crippen molar-refractivity contribution in [1.29, 1.82) is 0 Å². The molecule has 18 heavy (non-hydrogen) atoms. The normalized spacial score (nSPS) is 23.4. The van der Waals surface area contributed by atoms with E-state index in [2.05, 4.69) is 5.32 Å². The molecule has 4 heteroatoms. The zero-order valence-electron chi connectivity index (χ0n) is 10.7. The van der Waals surface area contributed by atoms with Crippen molar-refractivity contribution in [3.63, 3.8) is 0 Å². The number of nitrogens with two attached hydrogens (primary N) is 1. The number of anilines is 1. The van der Waals surface area contributed by atoms with Gasteiger partial charge in [0.1, 0.15) is 5.75 Å². The van der Waals surface area contributed by atoms with Crippen molar-refractivity contribution in [2.45, 2.75) is 44.2 Å². The molecule has 3 N–H and O–H groups in total. The highest BCUT2D eigenvalue weighted by molar-refractivity contribution is 6.00. The molecule has 1 fully saturated rings. The van der Waals surface area contributed by atoms with E-state index in [4.69, 9.17) is 10.5 Å². The van der Waals surface area contributed by atoms with E-state index in [1.54, 1.807) is 13.8 Å². The second kappa shape index (κ2) is 3.48. The predicted molar refractivity (Wildman–Crippen MR) is 69.5 cm³/mol. The van der Waals surface area contributed by atoms with E-state index in [-0.39, 0.29) is 11.4 Å². The van der Waals surface area contributed by atoms with Crippen LogP contribution in [0.1, 0.15) is 38.7 Å². The van der Waals surface area contributed by atoms with E-state index >= 15 is 0 Å². The summed E-state index contributed by atoms with van der Waals surface area (Å²) in [4.78, 5) is 11.9. The number of rotatable bonds is 1. The van der Waals surface area contributed by atoms with Crippen LogP contribution < -0.4 is 15.8 Å². The number of hydrogen-bond acceptors (Lipinski definition) is 3. The van der Waals surface area contributed by atoms with E-state index in [1.165, 1.54) is 6.42 Å². The molecule has 1 aromatic rings. The highest BCUT2D eigenvalue weighted by atomic mass is 16.5. The topological polar surface area (TPSA) is 64.3 Å². The summed E-state index contributed by atoms with van der Waals surface area (Å²) in [6, 6.07) is 5.85. The first-order valence-corrected chi connectivity index (χ1v) is 6.35. The number of amides is 1. The number of carbonyl (C=O) groups excluding carboxylic acids is 1. The third kappa shape index (κ3) is 1.60. The molecule has 1 aromatic carbocycles. The highest BCUT2D eigenvalue weighted by Gasteiger charge is 2.38. The monoisotopic (exact) mass is 246 g/mol. The average Bonchev–Trinajstić information content (AvgIpc) is 2.26. The highest BCUT2D eigenvalue weighted by Crippen LogP contribution is 2.42. The van der Waals surface area contributed by atoms with Crippen LogP contribution in [0.25, 0.3) is 0 Å². The van der Waals surface area contributed by atoms with Crippen molar-refractivity contribution in [3.8, 4) is 5.75 Å². The van der Waals surface area contributed by atoms with Crippen LogP contribution in [0.4, 0.5) is 5.69 Å². The van der Waals surface area contributed by atoms with Crippen molar-refractivity contribution in [1.82, 2.24) is 0 Å². The Labute approximate surface area is 107 Å². The minimum atomic E-state index is -0.814. The van der Waals surface area contributed by atoms with Crippen LogP contribution in [-0.2, 0) is 10.3 Å². The average molecular weight is 246 g/mol. The Kier molecular flexibility index (Phi) is 2.23. The molecule has 96 valence electrons. The van der Waals surface area contributed by atoms with Gasteiger partial charge in [-0.15, -0.1) is 0 Å². The third-order valence-electron chi connectivity index (χ3n) is 3.96. The summed E-state index contributed by atoms with van der Waals surface area (Å²) in [6.07, 6.45) is 3.18. The van der Waals surface area contributed by atoms with E-state index in [0.717, 1.165) is 24.1 Å².